The summed E-state index contributed by atoms with van der Waals surface area (Å²) < 4.78 is 0. The third-order valence-corrected chi connectivity index (χ3v) is 4.27. The van der Waals surface area contributed by atoms with Crippen LogP contribution in [0.5, 0.6) is 0 Å². The second-order valence-corrected chi connectivity index (χ2v) is 5.76. The maximum Gasteiger partial charge on any atom is 0.239 e. The number of nitriles is 1. The number of amides is 1. The van der Waals surface area contributed by atoms with E-state index >= 15 is 0 Å². The third-order valence-electron chi connectivity index (χ3n) is 4.27. The van der Waals surface area contributed by atoms with Gasteiger partial charge in [-0.25, -0.2) is 4.98 Å². The Kier molecular flexibility index (Phi) is 4.73. The van der Waals surface area contributed by atoms with Crippen LogP contribution in [-0.2, 0) is 4.79 Å². The molecule has 6 heteroatoms. The summed E-state index contributed by atoms with van der Waals surface area (Å²) in [5.41, 5.74) is 7.12. The van der Waals surface area contributed by atoms with Crippen molar-refractivity contribution in [1.82, 2.24) is 9.88 Å². The number of aromatic nitrogens is 1. The van der Waals surface area contributed by atoms with Gasteiger partial charge in [0.25, 0.3) is 0 Å². The van der Waals surface area contributed by atoms with Crippen LogP contribution in [0.2, 0.25) is 0 Å². The minimum atomic E-state index is -0.401. The number of rotatable bonds is 4. The minimum Gasteiger partial charge on any atom is -0.368 e. The molecule has 1 atom stereocenters. The molecule has 1 unspecified atom stereocenters. The quantitative estimate of drug-likeness (QED) is 0.917. The molecular weight excluding hydrogens is 302 g/mol. The molecule has 0 spiro atoms. The number of hydrogen-bond donors (Lipinski definition) is 1. The van der Waals surface area contributed by atoms with Gasteiger partial charge in [-0.1, -0.05) is 30.3 Å². The number of benzene rings is 1. The van der Waals surface area contributed by atoms with Crippen LogP contribution < -0.4 is 10.6 Å². The molecule has 2 heterocycles. The topological polar surface area (TPSA) is 86.3 Å². The Balaban J connectivity index is 1.69. The third kappa shape index (κ3) is 3.36. The van der Waals surface area contributed by atoms with Gasteiger partial charge in [0.15, 0.2) is 0 Å². The molecule has 0 radical (unpaired) electrons. The molecule has 2 N–H and O–H groups in total. The highest BCUT2D eigenvalue weighted by atomic mass is 16.1. The van der Waals surface area contributed by atoms with Crippen molar-refractivity contribution >= 4 is 11.7 Å². The molecule has 0 aliphatic carbocycles. The average Bonchev–Trinajstić information content (AvgIpc) is 2.63. The molecule has 1 aromatic carbocycles. The first-order valence-corrected chi connectivity index (χ1v) is 7.88. The average molecular weight is 321 g/mol. The van der Waals surface area contributed by atoms with Gasteiger partial charge in [-0.2, -0.15) is 5.26 Å². The van der Waals surface area contributed by atoms with E-state index in [1.807, 2.05) is 36.4 Å². The van der Waals surface area contributed by atoms with Crippen molar-refractivity contribution in [2.75, 3.05) is 31.1 Å². The SMILES string of the molecule is N#Cc1ccc(N2CCN(C(C(N)=O)c3ccccc3)CC2)nc1. The van der Waals surface area contributed by atoms with Crippen LogP contribution in [0.1, 0.15) is 17.2 Å². The molecule has 0 bridgehead atoms. The number of hydrogen-bond acceptors (Lipinski definition) is 5. The fourth-order valence-corrected chi connectivity index (χ4v) is 3.04. The Morgan fingerprint density at radius 3 is 2.38 bits per heavy atom. The summed E-state index contributed by atoms with van der Waals surface area (Å²) in [4.78, 5) is 20.5. The molecule has 1 saturated heterocycles. The molecule has 24 heavy (non-hydrogen) atoms. The van der Waals surface area contributed by atoms with Gasteiger partial charge in [0.2, 0.25) is 5.91 Å². The standard InChI is InChI=1S/C18H19N5O/c19-12-14-6-7-16(21-13-14)22-8-10-23(11-9-22)17(18(20)24)15-4-2-1-3-5-15/h1-7,13,17H,8-11H2,(H2,20,24). The molecular formula is C18H19N5O. The maximum atomic E-state index is 11.9. The summed E-state index contributed by atoms with van der Waals surface area (Å²) in [6, 6.07) is 14.9. The number of primary amides is 1. The lowest BCUT2D eigenvalue weighted by Gasteiger charge is -2.38. The molecule has 1 aliphatic rings. The van der Waals surface area contributed by atoms with E-state index in [0.29, 0.717) is 5.56 Å². The lowest BCUT2D eigenvalue weighted by Crippen LogP contribution is -2.50. The monoisotopic (exact) mass is 321 g/mol. The van der Waals surface area contributed by atoms with E-state index < -0.39 is 6.04 Å². The molecule has 3 rings (SSSR count). The van der Waals surface area contributed by atoms with E-state index in [4.69, 9.17) is 11.0 Å². The molecule has 6 nitrogen and oxygen atoms in total. The van der Waals surface area contributed by atoms with Crippen molar-refractivity contribution in [3.63, 3.8) is 0 Å². The second kappa shape index (κ2) is 7.11. The molecule has 2 aromatic rings. The predicted octanol–water partition coefficient (Wildman–Crippen LogP) is 1.30. The van der Waals surface area contributed by atoms with E-state index in [1.54, 1.807) is 12.3 Å². The molecule has 0 saturated carbocycles. The molecule has 1 amide bonds. The van der Waals surface area contributed by atoms with Gasteiger partial charge in [-0.3, -0.25) is 9.69 Å². The van der Waals surface area contributed by atoms with Crippen LogP contribution in [0.4, 0.5) is 5.82 Å². The summed E-state index contributed by atoms with van der Waals surface area (Å²) in [6.45, 7) is 2.97. The Hall–Kier alpha value is -2.91. The zero-order chi connectivity index (χ0) is 16.9. The zero-order valence-corrected chi connectivity index (χ0v) is 13.3. The van der Waals surface area contributed by atoms with E-state index in [0.717, 1.165) is 37.6 Å². The van der Waals surface area contributed by atoms with Crippen LogP contribution in [0.15, 0.2) is 48.7 Å². The number of carbonyl (C=O) groups excluding carboxylic acids is 1. The smallest absolute Gasteiger partial charge is 0.239 e. The minimum absolute atomic E-state index is 0.328. The lowest BCUT2D eigenvalue weighted by atomic mass is 10.0. The highest BCUT2D eigenvalue weighted by Gasteiger charge is 2.29. The first-order valence-electron chi connectivity index (χ1n) is 7.88. The van der Waals surface area contributed by atoms with E-state index in [-0.39, 0.29) is 5.91 Å². The van der Waals surface area contributed by atoms with Gasteiger partial charge < -0.3 is 10.6 Å². The highest BCUT2D eigenvalue weighted by molar-refractivity contribution is 5.81. The maximum absolute atomic E-state index is 11.9. The van der Waals surface area contributed by atoms with Gasteiger partial charge in [0, 0.05) is 32.4 Å². The van der Waals surface area contributed by atoms with Crippen molar-refractivity contribution < 1.29 is 4.79 Å². The molecule has 1 aromatic heterocycles. The fraction of sp³-hybridized carbons (Fsp3) is 0.278. The van der Waals surface area contributed by atoms with Gasteiger partial charge in [0.1, 0.15) is 17.9 Å². The Labute approximate surface area is 141 Å². The van der Waals surface area contributed by atoms with Gasteiger partial charge in [-0.15, -0.1) is 0 Å². The van der Waals surface area contributed by atoms with Gasteiger partial charge in [0.05, 0.1) is 5.56 Å². The Morgan fingerprint density at radius 1 is 1.12 bits per heavy atom. The van der Waals surface area contributed by atoms with Gasteiger partial charge in [-0.05, 0) is 17.7 Å². The summed E-state index contributed by atoms with van der Waals surface area (Å²) in [5.74, 6) is 0.523. The van der Waals surface area contributed by atoms with Crippen LogP contribution >= 0.6 is 0 Å². The summed E-state index contributed by atoms with van der Waals surface area (Å²) in [5, 5.41) is 8.84. The first kappa shape index (κ1) is 16.0. The van der Waals surface area contributed by atoms with Crippen molar-refractivity contribution in [2.45, 2.75) is 6.04 Å². The molecule has 1 aliphatic heterocycles. The molecule has 122 valence electrons. The summed E-state index contributed by atoms with van der Waals surface area (Å²) in [7, 11) is 0. The number of anilines is 1. The van der Waals surface area contributed by atoms with Crippen LogP contribution in [0, 0.1) is 11.3 Å². The van der Waals surface area contributed by atoms with E-state index in [2.05, 4.69) is 20.9 Å². The number of carbonyl (C=O) groups is 1. The Bertz CT molecular complexity index is 730. The van der Waals surface area contributed by atoms with Crippen molar-refractivity contribution in [3.8, 4) is 6.07 Å². The molecule has 1 fully saturated rings. The summed E-state index contributed by atoms with van der Waals surface area (Å²) >= 11 is 0. The normalized spacial score (nSPS) is 16.4. The highest BCUT2D eigenvalue weighted by Crippen LogP contribution is 2.23. The number of nitrogens with zero attached hydrogens (tertiary/aromatic N) is 4. The predicted molar refractivity (Wildman–Crippen MR) is 91.1 cm³/mol. The van der Waals surface area contributed by atoms with Crippen molar-refractivity contribution in [2.24, 2.45) is 5.73 Å². The lowest BCUT2D eigenvalue weighted by molar-refractivity contribution is -0.123. The van der Waals surface area contributed by atoms with Crippen LogP contribution in [-0.4, -0.2) is 42.0 Å². The zero-order valence-electron chi connectivity index (χ0n) is 13.3. The Morgan fingerprint density at radius 2 is 1.83 bits per heavy atom. The number of pyridine rings is 1. The number of piperazine rings is 1. The largest absolute Gasteiger partial charge is 0.368 e. The van der Waals surface area contributed by atoms with Crippen molar-refractivity contribution in [3.05, 3.63) is 59.8 Å². The number of nitrogens with two attached hydrogens (primary N) is 1. The summed E-state index contributed by atoms with van der Waals surface area (Å²) in [6.07, 6.45) is 1.58. The van der Waals surface area contributed by atoms with E-state index in [1.165, 1.54) is 0 Å². The second-order valence-electron chi connectivity index (χ2n) is 5.76. The first-order chi connectivity index (χ1) is 11.7. The van der Waals surface area contributed by atoms with Crippen LogP contribution in [0.3, 0.4) is 0 Å². The van der Waals surface area contributed by atoms with Crippen LogP contribution in [0.25, 0.3) is 0 Å². The van der Waals surface area contributed by atoms with E-state index in [9.17, 15) is 4.79 Å². The van der Waals surface area contributed by atoms with Crippen molar-refractivity contribution in [1.29, 1.82) is 5.26 Å². The fourth-order valence-electron chi connectivity index (χ4n) is 3.04. The van der Waals surface area contributed by atoms with Gasteiger partial charge >= 0.3 is 0 Å².